The van der Waals surface area contributed by atoms with Gasteiger partial charge in [-0.3, -0.25) is 0 Å². The molecule has 21 heavy (non-hydrogen) atoms. The second kappa shape index (κ2) is 6.45. The molecule has 8 heteroatoms. The third-order valence-corrected chi connectivity index (χ3v) is 2.84. The molecule has 0 saturated carbocycles. The second-order valence-electron chi connectivity index (χ2n) is 4.47. The Balaban J connectivity index is 2.03. The van der Waals surface area contributed by atoms with Crippen LogP contribution in [0, 0.1) is 6.92 Å². The molecule has 0 fully saturated rings. The van der Waals surface area contributed by atoms with Crippen molar-refractivity contribution in [1.29, 1.82) is 0 Å². The van der Waals surface area contributed by atoms with Gasteiger partial charge >= 0.3 is 12.0 Å². The number of halogens is 1. The number of carbonyl (C=O) groups is 1. The number of amides is 1. The molecule has 2 rings (SSSR count). The van der Waals surface area contributed by atoms with Crippen LogP contribution in [0.15, 0.2) is 22.9 Å². The van der Waals surface area contributed by atoms with Gasteiger partial charge in [0.15, 0.2) is 0 Å². The van der Waals surface area contributed by atoms with Crippen molar-refractivity contribution in [2.24, 2.45) is 0 Å². The minimum absolute atomic E-state index is 0.138. The van der Waals surface area contributed by atoms with Crippen LogP contribution in [-0.2, 0) is 0 Å². The van der Waals surface area contributed by atoms with Crippen LogP contribution >= 0.6 is 11.6 Å². The van der Waals surface area contributed by atoms with E-state index in [1.807, 2.05) is 6.92 Å². The van der Waals surface area contributed by atoms with Crippen molar-refractivity contribution < 1.29 is 19.1 Å². The Hall–Kier alpha value is -2.28. The Morgan fingerprint density at radius 2 is 2.29 bits per heavy atom. The van der Waals surface area contributed by atoms with Crippen molar-refractivity contribution in [3.05, 3.63) is 29.2 Å². The van der Waals surface area contributed by atoms with E-state index in [1.54, 1.807) is 19.2 Å². The van der Waals surface area contributed by atoms with Crippen LogP contribution in [-0.4, -0.2) is 33.8 Å². The topological polar surface area (TPSA) is 97.5 Å². The molecule has 1 amide bonds. The minimum atomic E-state index is -1.10. The van der Waals surface area contributed by atoms with E-state index in [-0.39, 0.29) is 18.6 Å². The summed E-state index contributed by atoms with van der Waals surface area (Å²) in [6, 6.07) is 1.34. The van der Waals surface area contributed by atoms with Crippen molar-refractivity contribution in [2.45, 2.75) is 19.9 Å². The van der Waals surface area contributed by atoms with Gasteiger partial charge in [0.05, 0.1) is 11.6 Å². The summed E-state index contributed by atoms with van der Waals surface area (Å²) < 4.78 is 10.8. The monoisotopic (exact) mass is 311 g/mol. The first-order valence-corrected chi connectivity index (χ1v) is 6.54. The quantitative estimate of drug-likeness (QED) is 0.824. The highest BCUT2D eigenvalue weighted by atomic mass is 35.5. The molecule has 0 radical (unpaired) electrons. The van der Waals surface area contributed by atoms with Crippen LogP contribution in [0.3, 0.4) is 0 Å². The second-order valence-corrected chi connectivity index (χ2v) is 4.86. The minimum Gasteiger partial charge on any atom is -0.465 e. The zero-order valence-electron chi connectivity index (χ0n) is 11.5. The molecule has 0 aliphatic heterocycles. The maximum absolute atomic E-state index is 10.5. The molecule has 2 aromatic rings. The van der Waals surface area contributed by atoms with Crippen LogP contribution in [0.4, 0.5) is 4.79 Å². The largest absolute Gasteiger partial charge is 0.465 e. The molecule has 0 bridgehead atoms. The van der Waals surface area contributed by atoms with Crippen LogP contribution in [0.25, 0.3) is 11.5 Å². The average molecular weight is 312 g/mol. The number of nitrogens with zero attached hydrogens (tertiary/aromatic N) is 2. The van der Waals surface area contributed by atoms with Crippen molar-refractivity contribution >= 4 is 17.7 Å². The van der Waals surface area contributed by atoms with E-state index in [9.17, 15) is 4.79 Å². The fourth-order valence-electron chi connectivity index (χ4n) is 1.66. The summed E-state index contributed by atoms with van der Waals surface area (Å²) in [6.07, 6.45) is 1.89. The Morgan fingerprint density at radius 3 is 2.95 bits per heavy atom. The predicted molar refractivity (Wildman–Crippen MR) is 75.6 cm³/mol. The summed E-state index contributed by atoms with van der Waals surface area (Å²) in [7, 11) is 0. The van der Waals surface area contributed by atoms with Crippen LogP contribution < -0.4 is 10.1 Å². The van der Waals surface area contributed by atoms with Gasteiger partial charge in [-0.2, -0.15) is 0 Å². The number of hydrogen-bond donors (Lipinski definition) is 2. The van der Waals surface area contributed by atoms with Gasteiger partial charge in [-0.15, -0.1) is 0 Å². The smallest absolute Gasteiger partial charge is 0.404 e. The number of rotatable bonds is 5. The fraction of sp³-hybridized carbons (Fsp3) is 0.308. The van der Waals surface area contributed by atoms with Crippen LogP contribution in [0.5, 0.6) is 5.95 Å². The Labute approximate surface area is 125 Å². The molecule has 2 aromatic heterocycles. The third kappa shape index (κ3) is 4.09. The standard InChI is InChI=1S/C13H14ClN3O4/c1-7-3-10(14)15-4-9(7)12-16-5-11(21-12)20-6-8(2)17-13(18)19/h3-5,8,17H,6H2,1-2H3,(H,18,19). The zero-order valence-corrected chi connectivity index (χ0v) is 12.2. The van der Waals surface area contributed by atoms with E-state index in [1.165, 1.54) is 6.20 Å². The highest BCUT2D eigenvalue weighted by Gasteiger charge is 2.12. The van der Waals surface area contributed by atoms with E-state index in [0.29, 0.717) is 16.6 Å². The SMILES string of the molecule is Cc1cc(Cl)ncc1-c1ncc(OCC(C)NC(=O)O)o1. The molecule has 2 N–H and O–H groups in total. The van der Waals surface area contributed by atoms with E-state index < -0.39 is 6.09 Å². The van der Waals surface area contributed by atoms with E-state index in [4.69, 9.17) is 25.9 Å². The first-order chi connectivity index (χ1) is 9.95. The zero-order chi connectivity index (χ0) is 15.4. The summed E-state index contributed by atoms with van der Waals surface area (Å²) >= 11 is 5.79. The number of ether oxygens (including phenoxy) is 1. The first-order valence-electron chi connectivity index (χ1n) is 6.16. The summed E-state index contributed by atoms with van der Waals surface area (Å²) in [5, 5.41) is 11.2. The molecule has 0 saturated heterocycles. The van der Waals surface area contributed by atoms with E-state index >= 15 is 0 Å². The molecule has 0 aliphatic carbocycles. The van der Waals surface area contributed by atoms with Gasteiger partial charge in [0.1, 0.15) is 18.0 Å². The van der Waals surface area contributed by atoms with Crippen LogP contribution in [0.2, 0.25) is 5.15 Å². The molecule has 0 spiro atoms. The first kappa shape index (κ1) is 15.1. The Morgan fingerprint density at radius 1 is 1.52 bits per heavy atom. The lowest BCUT2D eigenvalue weighted by Gasteiger charge is -2.10. The van der Waals surface area contributed by atoms with Crippen molar-refractivity contribution in [3.8, 4) is 17.4 Å². The van der Waals surface area contributed by atoms with Crippen molar-refractivity contribution in [2.75, 3.05) is 6.61 Å². The number of nitrogens with one attached hydrogen (secondary N) is 1. The molecule has 1 unspecified atom stereocenters. The van der Waals surface area contributed by atoms with Gasteiger partial charge in [0, 0.05) is 6.20 Å². The van der Waals surface area contributed by atoms with Gasteiger partial charge in [0.25, 0.3) is 0 Å². The number of carboxylic acid groups (broad SMARTS) is 1. The number of aryl methyl sites for hydroxylation is 1. The number of aromatic nitrogens is 2. The maximum atomic E-state index is 10.5. The summed E-state index contributed by atoms with van der Waals surface area (Å²) in [6.45, 7) is 3.68. The average Bonchev–Trinajstić information content (AvgIpc) is 2.84. The van der Waals surface area contributed by atoms with Gasteiger partial charge in [-0.05, 0) is 25.5 Å². The number of pyridine rings is 1. The number of oxazole rings is 1. The Bertz CT molecular complexity index is 644. The lowest BCUT2D eigenvalue weighted by Crippen LogP contribution is -2.35. The van der Waals surface area contributed by atoms with Gasteiger partial charge in [-0.25, -0.2) is 14.8 Å². The molecule has 0 aliphatic rings. The van der Waals surface area contributed by atoms with Gasteiger partial charge in [-0.1, -0.05) is 11.6 Å². The van der Waals surface area contributed by atoms with E-state index in [2.05, 4.69) is 15.3 Å². The lowest BCUT2D eigenvalue weighted by molar-refractivity contribution is 0.176. The highest BCUT2D eigenvalue weighted by molar-refractivity contribution is 6.29. The van der Waals surface area contributed by atoms with Gasteiger partial charge < -0.3 is 19.6 Å². The maximum Gasteiger partial charge on any atom is 0.404 e. The molecule has 1 atom stereocenters. The molecule has 112 valence electrons. The summed E-state index contributed by atoms with van der Waals surface area (Å²) in [4.78, 5) is 18.5. The normalized spacial score (nSPS) is 12.0. The van der Waals surface area contributed by atoms with Crippen LogP contribution in [0.1, 0.15) is 12.5 Å². The highest BCUT2D eigenvalue weighted by Crippen LogP contribution is 2.26. The molecule has 0 aromatic carbocycles. The summed E-state index contributed by atoms with van der Waals surface area (Å²) in [5.41, 5.74) is 1.59. The molecule has 2 heterocycles. The van der Waals surface area contributed by atoms with Gasteiger partial charge in [0.2, 0.25) is 5.89 Å². The van der Waals surface area contributed by atoms with Crippen molar-refractivity contribution in [1.82, 2.24) is 15.3 Å². The van der Waals surface area contributed by atoms with E-state index in [0.717, 1.165) is 5.56 Å². The molecule has 7 nitrogen and oxygen atoms in total. The Kier molecular flexibility index (Phi) is 4.64. The number of hydrogen-bond acceptors (Lipinski definition) is 5. The molecular weight excluding hydrogens is 298 g/mol. The lowest BCUT2D eigenvalue weighted by atomic mass is 10.2. The fourth-order valence-corrected chi connectivity index (χ4v) is 1.87. The predicted octanol–water partition coefficient (Wildman–Crippen LogP) is 2.73. The third-order valence-electron chi connectivity index (χ3n) is 2.64. The molecular formula is C13H14ClN3O4. The van der Waals surface area contributed by atoms with Crippen molar-refractivity contribution in [3.63, 3.8) is 0 Å². The summed E-state index contributed by atoms with van der Waals surface area (Å²) in [5.74, 6) is 0.573.